The van der Waals surface area contributed by atoms with Gasteiger partial charge in [-0.2, -0.15) is 13.2 Å². The number of hydrogen-bond acceptors (Lipinski definition) is 3. The molecule has 1 heterocycles. The number of hydrogen-bond donors (Lipinski definition) is 2. The first-order valence-electron chi connectivity index (χ1n) is 10.0. The number of halogens is 4. The third-order valence-electron chi connectivity index (χ3n) is 4.69. The Labute approximate surface area is 189 Å². The van der Waals surface area contributed by atoms with Crippen molar-refractivity contribution in [2.45, 2.75) is 32.9 Å². The van der Waals surface area contributed by atoms with Crippen LogP contribution >= 0.6 is 24.0 Å². The van der Waals surface area contributed by atoms with Crippen molar-refractivity contribution in [1.29, 1.82) is 0 Å². The van der Waals surface area contributed by atoms with Crippen LogP contribution in [0.15, 0.2) is 29.3 Å². The zero-order chi connectivity index (χ0) is 20.4. The molecule has 0 amide bonds. The van der Waals surface area contributed by atoms with Crippen LogP contribution in [-0.4, -0.2) is 69.4 Å². The van der Waals surface area contributed by atoms with Crippen LogP contribution in [0.4, 0.5) is 18.9 Å². The number of aliphatic imine (C=N–C) groups is 1. The van der Waals surface area contributed by atoms with Gasteiger partial charge in [0.25, 0.3) is 0 Å². The number of nitrogens with zero attached hydrogens (tertiary/aromatic N) is 3. The molecule has 29 heavy (non-hydrogen) atoms. The Hall–Kier alpha value is -1.23. The van der Waals surface area contributed by atoms with Gasteiger partial charge < -0.3 is 15.5 Å². The number of nitrogens with one attached hydrogen (secondary N) is 2. The Morgan fingerprint density at radius 3 is 2.48 bits per heavy atom. The summed E-state index contributed by atoms with van der Waals surface area (Å²) in [6.45, 7) is 10.1. The Morgan fingerprint density at radius 1 is 1.14 bits per heavy atom. The number of aryl methyl sites for hydroxylation is 1. The first-order valence-corrected chi connectivity index (χ1v) is 10.0. The lowest BCUT2D eigenvalue weighted by Crippen LogP contribution is -2.46. The number of alkyl halides is 3. The second-order valence-electron chi connectivity index (χ2n) is 7.07. The average Bonchev–Trinajstić information content (AvgIpc) is 2.64. The van der Waals surface area contributed by atoms with Gasteiger partial charge in [-0.05, 0) is 38.0 Å². The average molecular weight is 527 g/mol. The standard InChI is InChI=1S/C20H32F3N5.HI/c1-3-24-19(26-10-8-20(21,22)23)25-9-5-11-27-12-14-28(15-13-27)18-7-4-6-17(2)16-18;/h4,6-7,16H,3,5,8-15H2,1-2H3,(H2,24,25,26);1H. The van der Waals surface area contributed by atoms with E-state index in [1.165, 1.54) is 11.3 Å². The molecule has 1 aromatic rings. The molecule has 9 heteroatoms. The topological polar surface area (TPSA) is 42.9 Å². The molecule has 0 aliphatic carbocycles. The number of benzene rings is 1. The van der Waals surface area contributed by atoms with Crippen LogP contribution in [0.5, 0.6) is 0 Å². The molecule has 1 aliphatic rings. The van der Waals surface area contributed by atoms with E-state index in [4.69, 9.17) is 0 Å². The van der Waals surface area contributed by atoms with Gasteiger partial charge in [0.2, 0.25) is 0 Å². The van der Waals surface area contributed by atoms with Gasteiger partial charge in [-0.15, -0.1) is 24.0 Å². The minimum atomic E-state index is -4.15. The molecule has 0 radical (unpaired) electrons. The van der Waals surface area contributed by atoms with Crippen LogP contribution in [0.25, 0.3) is 0 Å². The predicted molar refractivity (Wildman–Crippen MR) is 125 cm³/mol. The normalized spacial score (nSPS) is 15.8. The third-order valence-corrected chi connectivity index (χ3v) is 4.69. The molecule has 0 aromatic heterocycles. The monoisotopic (exact) mass is 527 g/mol. The van der Waals surface area contributed by atoms with Crippen molar-refractivity contribution in [2.75, 3.05) is 57.3 Å². The minimum absolute atomic E-state index is 0. The molecule has 1 aliphatic heterocycles. The van der Waals surface area contributed by atoms with E-state index in [0.717, 1.165) is 39.1 Å². The highest BCUT2D eigenvalue weighted by Crippen LogP contribution is 2.18. The molecular formula is C20H33F3IN5. The molecule has 1 saturated heterocycles. The van der Waals surface area contributed by atoms with Crippen LogP contribution in [0.1, 0.15) is 25.3 Å². The van der Waals surface area contributed by atoms with Gasteiger partial charge in [0.15, 0.2) is 5.96 Å². The summed E-state index contributed by atoms with van der Waals surface area (Å²) in [5.74, 6) is 0.455. The summed E-state index contributed by atoms with van der Waals surface area (Å²) in [6, 6.07) is 8.59. The highest BCUT2D eigenvalue weighted by Gasteiger charge is 2.26. The summed E-state index contributed by atoms with van der Waals surface area (Å²) >= 11 is 0. The van der Waals surface area contributed by atoms with Crippen molar-refractivity contribution in [1.82, 2.24) is 15.5 Å². The predicted octanol–water partition coefficient (Wildman–Crippen LogP) is 3.63. The second-order valence-corrected chi connectivity index (χ2v) is 7.07. The molecular weight excluding hydrogens is 494 g/mol. The van der Waals surface area contributed by atoms with Crippen LogP contribution in [0.2, 0.25) is 0 Å². The van der Waals surface area contributed by atoms with Crippen molar-refractivity contribution < 1.29 is 13.2 Å². The lowest BCUT2D eigenvalue weighted by molar-refractivity contribution is -0.132. The highest BCUT2D eigenvalue weighted by molar-refractivity contribution is 14.0. The van der Waals surface area contributed by atoms with Gasteiger partial charge >= 0.3 is 6.18 Å². The molecule has 5 nitrogen and oxygen atoms in total. The quantitative estimate of drug-likeness (QED) is 0.235. The number of rotatable bonds is 8. The van der Waals surface area contributed by atoms with E-state index < -0.39 is 12.6 Å². The highest BCUT2D eigenvalue weighted by atomic mass is 127. The van der Waals surface area contributed by atoms with Gasteiger partial charge in [0, 0.05) is 58.0 Å². The van der Waals surface area contributed by atoms with Crippen molar-refractivity contribution in [2.24, 2.45) is 4.99 Å². The van der Waals surface area contributed by atoms with Crippen LogP contribution in [0.3, 0.4) is 0 Å². The van der Waals surface area contributed by atoms with E-state index in [0.29, 0.717) is 19.0 Å². The summed E-state index contributed by atoms with van der Waals surface area (Å²) in [5.41, 5.74) is 2.56. The van der Waals surface area contributed by atoms with Crippen molar-refractivity contribution in [3.8, 4) is 0 Å². The Kier molecular flexibility index (Phi) is 11.7. The summed E-state index contributed by atoms with van der Waals surface area (Å²) in [7, 11) is 0. The number of guanidine groups is 1. The summed E-state index contributed by atoms with van der Waals surface area (Å²) in [4.78, 5) is 9.21. The molecule has 0 saturated carbocycles. The van der Waals surface area contributed by atoms with Gasteiger partial charge in [-0.1, -0.05) is 12.1 Å². The Bertz CT molecular complexity index is 616. The zero-order valence-corrected chi connectivity index (χ0v) is 19.6. The fourth-order valence-electron chi connectivity index (χ4n) is 3.20. The summed E-state index contributed by atoms with van der Waals surface area (Å²) < 4.78 is 36.8. The molecule has 0 spiro atoms. The maximum Gasteiger partial charge on any atom is 0.390 e. The van der Waals surface area contributed by atoms with E-state index >= 15 is 0 Å². The first-order chi connectivity index (χ1) is 13.4. The van der Waals surface area contributed by atoms with Crippen molar-refractivity contribution >= 4 is 35.6 Å². The summed E-state index contributed by atoms with van der Waals surface area (Å²) in [6.07, 6.45) is -4.12. The molecule has 2 rings (SSSR count). The molecule has 1 aromatic carbocycles. The fraction of sp³-hybridized carbons (Fsp3) is 0.650. The molecule has 0 atom stereocenters. The smallest absolute Gasteiger partial charge is 0.369 e. The lowest BCUT2D eigenvalue weighted by Gasteiger charge is -2.36. The van der Waals surface area contributed by atoms with Gasteiger partial charge in [0.05, 0.1) is 6.42 Å². The number of anilines is 1. The van der Waals surface area contributed by atoms with Crippen LogP contribution in [0, 0.1) is 6.92 Å². The number of piperazine rings is 1. The molecule has 1 fully saturated rings. The van der Waals surface area contributed by atoms with Crippen molar-refractivity contribution in [3.05, 3.63) is 29.8 Å². The zero-order valence-electron chi connectivity index (χ0n) is 17.3. The third kappa shape index (κ3) is 10.4. The van der Waals surface area contributed by atoms with E-state index in [9.17, 15) is 13.2 Å². The molecule has 166 valence electrons. The van der Waals surface area contributed by atoms with E-state index in [-0.39, 0.29) is 30.5 Å². The van der Waals surface area contributed by atoms with Crippen LogP contribution < -0.4 is 15.5 Å². The summed E-state index contributed by atoms with van der Waals surface area (Å²) in [5, 5.41) is 5.73. The second kappa shape index (κ2) is 13.1. The van der Waals surface area contributed by atoms with Gasteiger partial charge in [0.1, 0.15) is 0 Å². The minimum Gasteiger partial charge on any atom is -0.369 e. The Morgan fingerprint density at radius 2 is 1.86 bits per heavy atom. The van der Waals surface area contributed by atoms with Crippen LogP contribution in [-0.2, 0) is 0 Å². The maximum absolute atomic E-state index is 12.3. The largest absolute Gasteiger partial charge is 0.390 e. The van der Waals surface area contributed by atoms with Crippen molar-refractivity contribution in [3.63, 3.8) is 0 Å². The molecule has 2 N–H and O–H groups in total. The van der Waals surface area contributed by atoms with Gasteiger partial charge in [-0.3, -0.25) is 9.89 Å². The van der Waals surface area contributed by atoms with Gasteiger partial charge in [-0.25, -0.2) is 0 Å². The SMILES string of the molecule is CCNC(=NCCCN1CCN(c2cccc(C)c2)CC1)NCCC(F)(F)F.I. The first kappa shape index (κ1) is 25.8. The fourth-order valence-corrected chi connectivity index (χ4v) is 3.20. The van der Waals surface area contributed by atoms with E-state index in [1.807, 2.05) is 6.92 Å². The molecule has 0 bridgehead atoms. The Balaban J connectivity index is 0.00000420. The van der Waals surface area contributed by atoms with E-state index in [2.05, 4.69) is 56.6 Å². The lowest BCUT2D eigenvalue weighted by atomic mass is 10.2. The molecule has 0 unspecified atom stereocenters. The maximum atomic E-state index is 12.3. The van der Waals surface area contributed by atoms with E-state index in [1.54, 1.807) is 0 Å².